The molecule has 0 saturated carbocycles. The molecular weight excluding hydrogens is 238 g/mol. The summed E-state index contributed by atoms with van der Waals surface area (Å²) < 4.78 is 1.99. The summed E-state index contributed by atoms with van der Waals surface area (Å²) in [5.41, 5.74) is 4.70. The summed E-state index contributed by atoms with van der Waals surface area (Å²) in [6, 6.07) is 6.39. The summed E-state index contributed by atoms with van der Waals surface area (Å²) >= 11 is 0. The van der Waals surface area contributed by atoms with Gasteiger partial charge in [0, 0.05) is 24.5 Å². The molecule has 0 atom stereocenters. The maximum Gasteiger partial charge on any atom is 0.179 e. The fraction of sp³-hybridized carbons (Fsp3) is 0.214. The van der Waals surface area contributed by atoms with E-state index in [0.29, 0.717) is 0 Å². The first-order valence-electron chi connectivity index (χ1n) is 6.40. The molecule has 3 heterocycles. The van der Waals surface area contributed by atoms with Crippen LogP contribution in [0.2, 0.25) is 0 Å². The molecule has 0 spiro atoms. The van der Waals surface area contributed by atoms with E-state index in [1.54, 1.807) is 12.4 Å². The van der Waals surface area contributed by atoms with Gasteiger partial charge in [-0.05, 0) is 24.1 Å². The van der Waals surface area contributed by atoms with Gasteiger partial charge < -0.3 is 5.32 Å². The topological polar surface area (TPSA) is 55.1 Å². The SMILES string of the molecule is c1cc2c(c(-c3nnc4cnccn34)c1)CCNC2. The number of nitrogens with zero attached hydrogens (tertiary/aromatic N) is 4. The fourth-order valence-corrected chi connectivity index (χ4v) is 2.68. The summed E-state index contributed by atoms with van der Waals surface area (Å²) in [5, 5.41) is 11.9. The van der Waals surface area contributed by atoms with Gasteiger partial charge in [0.1, 0.15) is 0 Å². The van der Waals surface area contributed by atoms with Gasteiger partial charge in [-0.15, -0.1) is 10.2 Å². The van der Waals surface area contributed by atoms with Gasteiger partial charge in [-0.25, -0.2) is 0 Å². The number of hydrogen-bond acceptors (Lipinski definition) is 4. The molecule has 0 saturated heterocycles. The van der Waals surface area contributed by atoms with Crippen LogP contribution in [0.15, 0.2) is 36.8 Å². The summed E-state index contributed by atoms with van der Waals surface area (Å²) in [4.78, 5) is 4.07. The molecule has 0 amide bonds. The van der Waals surface area contributed by atoms with Gasteiger partial charge in [-0.2, -0.15) is 0 Å². The molecule has 0 bridgehead atoms. The Bertz CT molecular complexity index is 746. The van der Waals surface area contributed by atoms with Crippen LogP contribution in [-0.2, 0) is 13.0 Å². The Morgan fingerprint density at radius 1 is 1.21 bits per heavy atom. The molecule has 5 heteroatoms. The van der Waals surface area contributed by atoms with Crippen molar-refractivity contribution in [1.82, 2.24) is 24.9 Å². The lowest BCUT2D eigenvalue weighted by atomic mass is 9.95. The van der Waals surface area contributed by atoms with E-state index in [0.717, 1.165) is 31.0 Å². The predicted octanol–water partition coefficient (Wildman–Crippen LogP) is 1.44. The molecule has 0 radical (unpaired) electrons. The van der Waals surface area contributed by atoms with E-state index in [9.17, 15) is 0 Å². The largest absolute Gasteiger partial charge is 0.312 e. The maximum absolute atomic E-state index is 4.33. The van der Waals surface area contributed by atoms with E-state index in [1.165, 1.54) is 16.7 Å². The predicted molar refractivity (Wildman–Crippen MR) is 71.6 cm³/mol. The molecule has 1 N–H and O–H groups in total. The Morgan fingerprint density at radius 3 is 3.21 bits per heavy atom. The van der Waals surface area contributed by atoms with Gasteiger partial charge in [0.2, 0.25) is 0 Å². The van der Waals surface area contributed by atoms with Crippen LogP contribution in [0.1, 0.15) is 11.1 Å². The van der Waals surface area contributed by atoms with Crippen LogP contribution in [-0.4, -0.2) is 26.1 Å². The van der Waals surface area contributed by atoms with Crippen molar-refractivity contribution in [3.8, 4) is 11.4 Å². The van der Waals surface area contributed by atoms with Crippen molar-refractivity contribution in [1.29, 1.82) is 0 Å². The number of fused-ring (bicyclic) bond motifs is 2. The second kappa shape index (κ2) is 4.13. The monoisotopic (exact) mass is 251 g/mol. The molecule has 5 nitrogen and oxygen atoms in total. The van der Waals surface area contributed by atoms with E-state index in [2.05, 4.69) is 38.7 Å². The van der Waals surface area contributed by atoms with Crippen molar-refractivity contribution in [2.24, 2.45) is 0 Å². The minimum atomic E-state index is 0.782. The highest BCUT2D eigenvalue weighted by molar-refractivity contribution is 5.65. The van der Waals surface area contributed by atoms with Crippen LogP contribution in [0.25, 0.3) is 17.0 Å². The highest BCUT2D eigenvalue weighted by Crippen LogP contribution is 2.27. The lowest BCUT2D eigenvalue weighted by Crippen LogP contribution is -2.24. The lowest BCUT2D eigenvalue weighted by molar-refractivity contribution is 0.644. The van der Waals surface area contributed by atoms with Crippen molar-refractivity contribution in [3.63, 3.8) is 0 Å². The Labute approximate surface area is 110 Å². The quantitative estimate of drug-likeness (QED) is 0.711. The van der Waals surface area contributed by atoms with Crippen LogP contribution in [0, 0.1) is 0 Å². The van der Waals surface area contributed by atoms with Crippen LogP contribution >= 0.6 is 0 Å². The summed E-state index contributed by atoms with van der Waals surface area (Å²) in [7, 11) is 0. The molecule has 1 aliphatic heterocycles. The Morgan fingerprint density at radius 2 is 2.21 bits per heavy atom. The highest BCUT2D eigenvalue weighted by Gasteiger charge is 2.17. The zero-order chi connectivity index (χ0) is 12.7. The smallest absolute Gasteiger partial charge is 0.179 e. The highest BCUT2D eigenvalue weighted by atomic mass is 15.2. The van der Waals surface area contributed by atoms with E-state index in [1.807, 2.05) is 10.6 Å². The summed E-state index contributed by atoms with van der Waals surface area (Å²) in [6.07, 6.45) is 6.43. The third-order valence-corrected chi connectivity index (χ3v) is 3.60. The van der Waals surface area contributed by atoms with Crippen molar-refractivity contribution >= 4 is 5.65 Å². The second-order valence-corrected chi connectivity index (χ2v) is 4.70. The first kappa shape index (κ1) is 10.6. The molecule has 3 aromatic rings. The van der Waals surface area contributed by atoms with E-state index >= 15 is 0 Å². The maximum atomic E-state index is 4.33. The number of aromatic nitrogens is 4. The Balaban J connectivity index is 1.97. The summed E-state index contributed by atoms with van der Waals surface area (Å²) in [6.45, 7) is 1.95. The van der Waals surface area contributed by atoms with E-state index in [-0.39, 0.29) is 0 Å². The number of hydrogen-bond donors (Lipinski definition) is 1. The molecule has 4 rings (SSSR count). The zero-order valence-corrected chi connectivity index (χ0v) is 10.4. The van der Waals surface area contributed by atoms with Gasteiger partial charge in [-0.3, -0.25) is 9.38 Å². The lowest BCUT2D eigenvalue weighted by Gasteiger charge is -2.19. The molecule has 0 aliphatic carbocycles. The molecule has 94 valence electrons. The van der Waals surface area contributed by atoms with Gasteiger partial charge in [0.15, 0.2) is 11.5 Å². The van der Waals surface area contributed by atoms with Crippen LogP contribution < -0.4 is 5.32 Å². The first-order valence-corrected chi connectivity index (χ1v) is 6.40. The number of benzene rings is 1. The van der Waals surface area contributed by atoms with Crippen molar-refractivity contribution in [2.45, 2.75) is 13.0 Å². The van der Waals surface area contributed by atoms with Crippen molar-refractivity contribution < 1.29 is 0 Å². The van der Waals surface area contributed by atoms with Gasteiger partial charge >= 0.3 is 0 Å². The van der Waals surface area contributed by atoms with E-state index < -0.39 is 0 Å². The normalized spacial score (nSPS) is 14.5. The van der Waals surface area contributed by atoms with Gasteiger partial charge in [0.25, 0.3) is 0 Å². The standard InChI is InChI=1S/C14H13N5/c1-2-10-8-15-5-4-11(10)12(3-1)14-18-17-13-9-16-6-7-19(13)14/h1-3,6-7,9,15H,4-5,8H2. The third kappa shape index (κ3) is 1.62. The number of nitrogens with one attached hydrogen (secondary N) is 1. The zero-order valence-electron chi connectivity index (χ0n) is 10.4. The van der Waals surface area contributed by atoms with Gasteiger partial charge in [-0.1, -0.05) is 18.2 Å². The fourth-order valence-electron chi connectivity index (χ4n) is 2.68. The van der Waals surface area contributed by atoms with E-state index in [4.69, 9.17) is 0 Å². The second-order valence-electron chi connectivity index (χ2n) is 4.70. The van der Waals surface area contributed by atoms with Crippen LogP contribution in [0.4, 0.5) is 0 Å². The summed E-state index contributed by atoms with van der Waals surface area (Å²) in [5.74, 6) is 0.899. The Hall–Kier alpha value is -2.27. The average molecular weight is 251 g/mol. The van der Waals surface area contributed by atoms with Crippen LogP contribution in [0.3, 0.4) is 0 Å². The first-order chi connectivity index (χ1) is 9.43. The third-order valence-electron chi connectivity index (χ3n) is 3.60. The Kier molecular flexibility index (Phi) is 2.31. The van der Waals surface area contributed by atoms with Gasteiger partial charge in [0.05, 0.1) is 6.20 Å². The van der Waals surface area contributed by atoms with Crippen molar-refractivity contribution in [3.05, 3.63) is 47.9 Å². The molecule has 19 heavy (non-hydrogen) atoms. The molecule has 0 unspecified atom stereocenters. The number of rotatable bonds is 1. The molecule has 2 aromatic heterocycles. The van der Waals surface area contributed by atoms with Crippen LogP contribution in [0.5, 0.6) is 0 Å². The van der Waals surface area contributed by atoms with Crippen molar-refractivity contribution in [2.75, 3.05) is 6.54 Å². The molecule has 0 fully saturated rings. The average Bonchev–Trinajstić information content (AvgIpc) is 2.90. The minimum Gasteiger partial charge on any atom is -0.312 e. The molecule has 1 aliphatic rings. The molecule has 1 aromatic carbocycles. The molecular formula is C14H13N5. The minimum absolute atomic E-state index is 0.782.